The van der Waals surface area contributed by atoms with Crippen LogP contribution < -0.4 is 0 Å². The lowest BCUT2D eigenvalue weighted by Crippen LogP contribution is -2.12. The van der Waals surface area contributed by atoms with E-state index in [1.165, 1.54) is 6.20 Å². The summed E-state index contributed by atoms with van der Waals surface area (Å²) < 4.78 is 13.8. The number of aromatic nitrogens is 1. The molecule has 0 bridgehead atoms. The molecule has 0 amide bonds. The zero-order valence-electron chi connectivity index (χ0n) is 18.8. The van der Waals surface area contributed by atoms with Crippen molar-refractivity contribution in [1.29, 1.82) is 0 Å². The van der Waals surface area contributed by atoms with Crippen molar-refractivity contribution in [2.75, 3.05) is 0 Å². The highest BCUT2D eigenvalue weighted by molar-refractivity contribution is 6.34. The molecule has 0 spiro atoms. The third-order valence-corrected chi connectivity index (χ3v) is 6.29. The van der Waals surface area contributed by atoms with Crippen molar-refractivity contribution in [3.63, 3.8) is 0 Å². The summed E-state index contributed by atoms with van der Waals surface area (Å²) in [4.78, 5) is 14.7. The highest BCUT2D eigenvalue weighted by atomic mass is 35.5. The van der Waals surface area contributed by atoms with Gasteiger partial charge in [-0.15, -0.1) is 0 Å². The maximum absolute atomic E-state index is 13.8. The molecule has 0 radical (unpaired) electrons. The number of carbonyl (C=O) groups is 1. The molecule has 5 nitrogen and oxygen atoms in total. The molecule has 7 heteroatoms. The minimum atomic E-state index is -0.969. The van der Waals surface area contributed by atoms with E-state index in [4.69, 9.17) is 16.7 Å². The van der Waals surface area contributed by atoms with E-state index in [0.29, 0.717) is 0 Å². The van der Waals surface area contributed by atoms with Crippen LogP contribution in [0.15, 0.2) is 90.2 Å². The molecule has 0 aliphatic heterocycles. The fraction of sp³-hybridized carbons (Fsp3) is 0.107. The Morgan fingerprint density at radius 1 is 1.03 bits per heavy atom. The summed E-state index contributed by atoms with van der Waals surface area (Å²) in [6, 6.07) is 23.7. The molecule has 176 valence electrons. The number of hydrogen-bond acceptors (Lipinski definition) is 4. The van der Waals surface area contributed by atoms with Crippen molar-refractivity contribution in [3.8, 4) is 11.1 Å². The van der Waals surface area contributed by atoms with Crippen LogP contribution in [-0.4, -0.2) is 27.0 Å². The van der Waals surface area contributed by atoms with Gasteiger partial charge in [0.05, 0.1) is 16.3 Å². The van der Waals surface area contributed by atoms with Crippen molar-refractivity contribution < 1.29 is 19.5 Å². The highest BCUT2D eigenvalue weighted by Crippen LogP contribution is 2.34. The van der Waals surface area contributed by atoms with Gasteiger partial charge in [0.25, 0.3) is 0 Å². The van der Waals surface area contributed by atoms with Gasteiger partial charge in [0.2, 0.25) is 5.95 Å². The largest absolute Gasteiger partial charge is 0.478 e. The number of nitrogens with zero attached hydrogens (tertiary/aromatic N) is 2. The van der Waals surface area contributed by atoms with Crippen LogP contribution in [-0.2, 0) is 0 Å². The lowest BCUT2D eigenvalue weighted by molar-refractivity contribution is 0.0697. The standard InChI is InChI=1S/C28H22ClFN2O3/c1-17-4-2-3-5-22(17)23(14-26(32-35)24-15-27(30)31-16-25(24)29)20-10-6-18(7-11-20)19-8-12-21(13-9-19)28(33)34/h2-13,15-16,23,35H,14H2,1H3,(H,33,34)/b32-26-/t23-/m1/s1. The Kier molecular flexibility index (Phi) is 7.22. The second-order valence-corrected chi connectivity index (χ2v) is 8.56. The smallest absolute Gasteiger partial charge is 0.335 e. The van der Waals surface area contributed by atoms with Gasteiger partial charge in [-0.2, -0.15) is 4.39 Å². The number of oxime groups is 1. The number of benzene rings is 3. The van der Waals surface area contributed by atoms with Crippen molar-refractivity contribution in [3.05, 3.63) is 124 Å². The quantitative estimate of drug-likeness (QED) is 0.128. The van der Waals surface area contributed by atoms with Crippen LogP contribution in [0.1, 0.15) is 45.0 Å². The van der Waals surface area contributed by atoms with Gasteiger partial charge in [-0.05, 0) is 46.9 Å². The maximum atomic E-state index is 13.8. The predicted molar refractivity (Wildman–Crippen MR) is 134 cm³/mol. The first-order chi connectivity index (χ1) is 16.9. The molecule has 4 aromatic rings. The molecule has 3 aromatic carbocycles. The highest BCUT2D eigenvalue weighted by Gasteiger charge is 2.22. The molecule has 0 unspecified atom stereocenters. The van der Waals surface area contributed by atoms with E-state index in [2.05, 4.69) is 10.1 Å². The summed E-state index contributed by atoms with van der Waals surface area (Å²) in [6.45, 7) is 2.01. The van der Waals surface area contributed by atoms with Gasteiger partial charge in [0, 0.05) is 30.2 Å². The molecule has 1 aromatic heterocycles. The number of rotatable bonds is 7. The van der Waals surface area contributed by atoms with Gasteiger partial charge < -0.3 is 10.3 Å². The second-order valence-electron chi connectivity index (χ2n) is 8.15. The molecule has 35 heavy (non-hydrogen) atoms. The molecular weight excluding hydrogens is 467 g/mol. The first-order valence-electron chi connectivity index (χ1n) is 10.9. The number of hydrogen-bond donors (Lipinski definition) is 2. The van der Waals surface area contributed by atoms with Crippen LogP contribution in [0.4, 0.5) is 4.39 Å². The first-order valence-corrected chi connectivity index (χ1v) is 11.3. The third kappa shape index (κ3) is 5.39. The monoisotopic (exact) mass is 488 g/mol. The van der Waals surface area contributed by atoms with E-state index in [0.717, 1.165) is 33.9 Å². The number of pyridine rings is 1. The molecule has 2 N–H and O–H groups in total. The van der Waals surface area contributed by atoms with Crippen LogP contribution in [0, 0.1) is 12.9 Å². The Hall–Kier alpha value is -4.03. The van der Waals surface area contributed by atoms with Crippen molar-refractivity contribution in [2.24, 2.45) is 5.16 Å². The fourth-order valence-electron chi connectivity index (χ4n) is 4.13. The minimum absolute atomic E-state index is 0.196. The molecule has 0 aliphatic carbocycles. The summed E-state index contributed by atoms with van der Waals surface area (Å²) in [7, 11) is 0. The minimum Gasteiger partial charge on any atom is -0.478 e. The Morgan fingerprint density at radius 3 is 2.26 bits per heavy atom. The van der Waals surface area contributed by atoms with Crippen LogP contribution in [0.3, 0.4) is 0 Å². The lowest BCUT2D eigenvalue weighted by Gasteiger charge is -2.21. The Balaban J connectivity index is 1.71. The Labute approximate surface area is 207 Å². The van der Waals surface area contributed by atoms with Crippen molar-refractivity contribution >= 4 is 23.3 Å². The third-order valence-electron chi connectivity index (χ3n) is 5.99. The van der Waals surface area contributed by atoms with Gasteiger partial charge in [0.1, 0.15) is 0 Å². The zero-order valence-corrected chi connectivity index (χ0v) is 19.6. The number of aryl methyl sites for hydroxylation is 1. The first kappa shape index (κ1) is 24.1. The number of halogens is 2. The Bertz CT molecular complexity index is 1390. The summed E-state index contributed by atoms with van der Waals surface area (Å²) in [5, 5.41) is 22.6. The molecular formula is C28H22ClFN2O3. The van der Waals surface area contributed by atoms with Crippen LogP contribution in [0.5, 0.6) is 0 Å². The summed E-state index contributed by atoms with van der Waals surface area (Å²) in [6.07, 6.45) is 1.47. The van der Waals surface area contributed by atoms with Crippen molar-refractivity contribution in [2.45, 2.75) is 19.3 Å². The normalized spacial score (nSPS) is 12.4. The average molecular weight is 489 g/mol. The van der Waals surface area contributed by atoms with E-state index in [-0.39, 0.29) is 34.2 Å². The van der Waals surface area contributed by atoms with E-state index >= 15 is 0 Å². The average Bonchev–Trinajstić information content (AvgIpc) is 2.87. The predicted octanol–water partition coefficient (Wildman–Crippen LogP) is 6.95. The van der Waals surface area contributed by atoms with Crippen LogP contribution in [0.25, 0.3) is 11.1 Å². The zero-order chi connectivity index (χ0) is 24.9. The van der Waals surface area contributed by atoms with Gasteiger partial charge in [-0.3, -0.25) is 0 Å². The van der Waals surface area contributed by atoms with Crippen LogP contribution >= 0.6 is 11.6 Å². The van der Waals surface area contributed by atoms with Gasteiger partial charge in [-0.25, -0.2) is 9.78 Å². The fourth-order valence-corrected chi connectivity index (χ4v) is 4.34. The topological polar surface area (TPSA) is 82.8 Å². The molecule has 1 heterocycles. The Morgan fingerprint density at radius 2 is 1.66 bits per heavy atom. The molecule has 0 aliphatic rings. The van der Waals surface area contributed by atoms with Gasteiger partial charge >= 0.3 is 5.97 Å². The summed E-state index contributed by atoms with van der Waals surface area (Å²) in [5.41, 5.74) is 5.67. The summed E-state index contributed by atoms with van der Waals surface area (Å²) in [5.74, 6) is -1.88. The lowest BCUT2D eigenvalue weighted by atomic mass is 9.83. The molecule has 0 fully saturated rings. The number of carboxylic acids is 1. The SMILES string of the molecule is Cc1ccccc1[C@H](C/C(=N/O)c1cc(F)ncc1Cl)c1ccc(-c2ccc(C(=O)O)cc2)cc1. The van der Waals surface area contributed by atoms with Gasteiger partial charge in [-0.1, -0.05) is 77.4 Å². The van der Waals surface area contributed by atoms with Crippen LogP contribution in [0.2, 0.25) is 5.02 Å². The van der Waals surface area contributed by atoms with E-state index in [9.17, 15) is 14.4 Å². The summed E-state index contributed by atoms with van der Waals surface area (Å²) >= 11 is 6.24. The number of carboxylic acid groups (broad SMARTS) is 1. The number of aromatic carboxylic acids is 1. The van der Waals surface area contributed by atoms with E-state index < -0.39 is 11.9 Å². The molecule has 1 atom stereocenters. The molecule has 4 rings (SSSR count). The van der Waals surface area contributed by atoms with Gasteiger partial charge in [0.15, 0.2) is 0 Å². The van der Waals surface area contributed by atoms with E-state index in [1.807, 2.05) is 55.5 Å². The second kappa shape index (κ2) is 10.5. The van der Waals surface area contributed by atoms with Crippen molar-refractivity contribution in [1.82, 2.24) is 4.98 Å². The van der Waals surface area contributed by atoms with E-state index in [1.54, 1.807) is 24.3 Å². The molecule has 0 saturated carbocycles. The maximum Gasteiger partial charge on any atom is 0.335 e. The molecule has 0 saturated heterocycles.